The largest absolute Gasteiger partial charge is 0.490 e. The molecule has 1 aromatic rings. The van der Waals surface area contributed by atoms with Crippen LogP contribution in [0.4, 0.5) is 5.95 Å². The molecule has 0 aromatic carbocycles. The van der Waals surface area contributed by atoms with Crippen LogP contribution in [0.3, 0.4) is 0 Å². The molecule has 0 bridgehead atoms. The fraction of sp³-hybridized carbons (Fsp3) is 0.750. The molecule has 1 saturated heterocycles. The lowest BCUT2D eigenvalue weighted by molar-refractivity contribution is -0.394. The minimum atomic E-state index is -0.579. The molecular formula is C8H13N5O2. The molecule has 7 nitrogen and oxygen atoms in total. The maximum Gasteiger partial charge on any atom is 0.490 e. The monoisotopic (exact) mass is 211 g/mol. The first-order valence-corrected chi connectivity index (χ1v) is 5.03. The van der Waals surface area contributed by atoms with Crippen molar-refractivity contribution < 1.29 is 4.92 Å². The number of nitrogens with one attached hydrogen (secondary N) is 1. The standard InChI is InChI=1S/C8H13N5O2/c14-13(15)8-10-6-12(11-8)5-7-3-1-2-4-9-7/h6-7,9H,1-5H2. The highest BCUT2D eigenvalue weighted by Gasteiger charge is 2.18. The second-order valence-corrected chi connectivity index (χ2v) is 3.67. The highest BCUT2D eigenvalue weighted by molar-refractivity contribution is 4.97. The van der Waals surface area contributed by atoms with E-state index in [2.05, 4.69) is 15.4 Å². The van der Waals surface area contributed by atoms with Crippen molar-refractivity contribution in [3.63, 3.8) is 0 Å². The van der Waals surface area contributed by atoms with Gasteiger partial charge in [0.05, 0.1) is 6.54 Å². The summed E-state index contributed by atoms with van der Waals surface area (Å²) in [5.41, 5.74) is 0. The first kappa shape index (κ1) is 10.0. The van der Waals surface area contributed by atoms with E-state index in [4.69, 9.17) is 0 Å². The van der Waals surface area contributed by atoms with Crippen LogP contribution >= 0.6 is 0 Å². The highest BCUT2D eigenvalue weighted by Crippen LogP contribution is 2.09. The summed E-state index contributed by atoms with van der Waals surface area (Å²) in [6, 6.07) is 0.361. The zero-order valence-electron chi connectivity index (χ0n) is 8.30. The number of piperidine rings is 1. The molecule has 0 radical (unpaired) electrons. The summed E-state index contributed by atoms with van der Waals surface area (Å²) in [7, 11) is 0. The van der Waals surface area contributed by atoms with E-state index in [1.54, 1.807) is 0 Å². The van der Waals surface area contributed by atoms with Gasteiger partial charge < -0.3 is 15.4 Å². The average Bonchev–Trinajstić information content (AvgIpc) is 2.68. The Bertz CT molecular complexity index is 345. The van der Waals surface area contributed by atoms with Gasteiger partial charge in [-0.05, 0) is 24.3 Å². The van der Waals surface area contributed by atoms with Crippen LogP contribution in [0, 0.1) is 10.1 Å². The number of nitrogens with zero attached hydrogens (tertiary/aromatic N) is 4. The van der Waals surface area contributed by atoms with Gasteiger partial charge in [-0.25, -0.2) is 0 Å². The van der Waals surface area contributed by atoms with E-state index in [9.17, 15) is 10.1 Å². The predicted octanol–water partition coefficient (Wildman–Crippen LogP) is 0.328. The summed E-state index contributed by atoms with van der Waals surface area (Å²) in [6.45, 7) is 1.67. The third-order valence-electron chi connectivity index (χ3n) is 2.51. The molecule has 1 N–H and O–H groups in total. The Balaban J connectivity index is 1.94. The molecule has 1 aromatic heterocycles. The minimum absolute atomic E-state index is 0.328. The van der Waals surface area contributed by atoms with Crippen LogP contribution in [0.2, 0.25) is 0 Å². The van der Waals surface area contributed by atoms with Gasteiger partial charge in [0.15, 0.2) is 0 Å². The van der Waals surface area contributed by atoms with Crippen molar-refractivity contribution in [3.05, 3.63) is 16.4 Å². The number of rotatable bonds is 3. The molecule has 0 amide bonds. The highest BCUT2D eigenvalue weighted by atomic mass is 16.6. The molecule has 1 aliphatic rings. The van der Waals surface area contributed by atoms with Gasteiger partial charge in [-0.3, -0.25) is 0 Å². The third kappa shape index (κ3) is 2.50. The molecule has 2 rings (SSSR count). The Morgan fingerprint density at radius 1 is 1.67 bits per heavy atom. The van der Waals surface area contributed by atoms with Crippen LogP contribution in [-0.2, 0) is 6.54 Å². The van der Waals surface area contributed by atoms with E-state index in [1.165, 1.54) is 23.9 Å². The van der Waals surface area contributed by atoms with Crippen LogP contribution in [-0.4, -0.2) is 32.3 Å². The number of nitro groups is 1. The van der Waals surface area contributed by atoms with Gasteiger partial charge in [0.2, 0.25) is 6.33 Å². The van der Waals surface area contributed by atoms with E-state index in [0.717, 1.165) is 13.0 Å². The summed E-state index contributed by atoms with van der Waals surface area (Å²) >= 11 is 0. The molecule has 2 heterocycles. The second kappa shape index (κ2) is 4.35. The molecule has 82 valence electrons. The fourth-order valence-electron chi connectivity index (χ4n) is 1.76. The molecule has 1 fully saturated rings. The van der Waals surface area contributed by atoms with Gasteiger partial charge in [0.25, 0.3) is 0 Å². The van der Waals surface area contributed by atoms with Gasteiger partial charge in [-0.2, -0.15) is 4.68 Å². The predicted molar refractivity (Wildman–Crippen MR) is 52.3 cm³/mol. The lowest BCUT2D eigenvalue weighted by Gasteiger charge is -2.21. The number of aromatic nitrogens is 3. The molecular weight excluding hydrogens is 198 g/mol. The van der Waals surface area contributed by atoms with Gasteiger partial charge in [-0.1, -0.05) is 11.4 Å². The van der Waals surface area contributed by atoms with Gasteiger partial charge in [0.1, 0.15) is 0 Å². The molecule has 15 heavy (non-hydrogen) atoms. The number of hydrogen-bond donors (Lipinski definition) is 1. The van der Waals surface area contributed by atoms with Crippen molar-refractivity contribution in [2.24, 2.45) is 0 Å². The normalized spacial score (nSPS) is 21.5. The topological polar surface area (TPSA) is 85.9 Å². The Hall–Kier alpha value is -1.50. The molecule has 1 unspecified atom stereocenters. The summed E-state index contributed by atoms with van der Waals surface area (Å²) in [5, 5.41) is 17.5. The molecule has 0 saturated carbocycles. The van der Waals surface area contributed by atoms with Crippen molar-refractivity contribution in [2.45, 2.75) is 31.8 Å². The minimum Gasteiger partial charge on any atom is -0.390 e. The van der Waals surface area contributed by atoms with Crippen LogP contribution in [0.1, 0.15) is 19.3 Å². The fourth-order valence-corrected chi connectivity index (χ4v) is 1.76. The van der Waals surface area contributed by atoms with Crippen LogP contribution in [0.15, 0.2) is 6.33 Å². The van der Waals surface area contributed by atoms with Crippen molar-refractivity contribution in [3.8, 4) is 0 Å². The van der Waals surface area contributed by atoms with Gasteiger partial charge >= 0.3 is 5.95 Å². The van der Waals surface area contributed by atoms with Crippen LogP contribution < -0.4 is 5.32 Å². The number of hydrogen-bond acceptors (Lipinski definition) is 5. The third-order valence-corrected chi connectivity index (χ3v) is 2.51. The molecule has 0 aliphatic carbocycles. The summed E-state index contributed by atoms with van der Waals surface area (Å²) in [6.07, 6.45) is 4.91. The summed E-state index contributed by atoms with van der Waals surface area (Å²) < 4.78 is 1.53. The Kier molecular flexibility index (Phi) is 2.91. The van der Waals surface area contributed by atoms with E-state index in [0.29, 0.717) is 12.6 Å². The maximum absolute atomic E-state index is 10.4. The van der Waals surface area contributed by atoms with E-state index in [1.807, 2.05) is 0 Å². The summed E-state index contributed by atoms with van der Waals surface area (Å²) in [4.78, 5) is 13.4. The first-order chi connectivity index (χ1) is 7.25. The lowest BCUT2D eigenvalue weighted by Crippen LogP contribution is -2.37. The average molecular weight is 211 g/mol. The van der Waals surface area contributed by atoms with E-state index < -0.39 is 4.92 Å². The smallest absolute Gasteiger partial charge is 0.390 e. The first-order valence-electron chi connectivity index (χ1n) is 5.03. The Morgan fingerprint density at radius 2 is 2.53 bits per heavy atom. The Morgan fingerprint density at radius 3 is 3.13 bits per heavy atom. The zero-order chi connectivity index (χ0) is 10.7. The molecule has 1 atom stereocenters. The van der Waals surface area contributed by atoms with Gasteiger partial charge in [0, 0.05) is 11.1 Å². The second-order valence-electron chi connectivity index (χ2n) is 3.67. The molecule has 7 heteroatoms. The SMILES string of the molecule is O=[N+]([O-])c1ncn(CC2CCCCN2)n1. The Labute approximate surface area is 86.6 Å². The molecule has 0 spiro atoms. The van der Waals surface area contributed by atoms with Gasteiger partial charge in [-0.15, -0.1) is 0 Å². The van der Waals surface area contributed by atoms with Crippen molar-refractivity contribution in [2.75, 3.05) is 6.54 Å². The molecule has 1 aliphatic heterocycles. The van der Waals surface area contributed by atoms with Crippen LogP contribution in [0.25, 0.3) is 0 Å². The quantitative estimate of drug-likeness (QED) is 0.575. The van der Waals surface area contributed by atoms with Crippen molar-refractivity contribution in [1.82, 2.24) is 20.1 Å². The lowest BCUT2D eigenvalue weighted by atomic mass is 10.1. The van der Waals surface area contributed by atoms with Crippen LogP contribution in [0.5, 0.6) is 0 Å². The zero-order valence-corrected chi connectivity index (χ0v) is 8.30. The maximum atomic E-state index is 10.4. The summed E-state index contributed by atoms with van der Waals surface area (Å²) in [5.74, 6) is -0.328. The van der Waals surface area contributed by atoms with E-state index >= 15 is 0 Å². The van der Waals surface area contributed by atoms with Crippen molar-refractivity contribution in [1.29, 1.82) is 0 Å². The van der Waals surface area contributed by atoms with Crippen molar-refractivity contribution >= 4 is 5.95 Å². The van der Waals surface area contributed by atoms with E-state index in [-0.39, 0.29) is 5.95 Å².